The molecule has 29 heavy (non-hydrogen) atoms. The number of hydrogen-bond donors (Lipinski definition) is 3. The van der Waals surface area contributed by atoms with Gasteiger partial charge in [-0.25, -0.2) is 5.43 Å². The molecular formula is C19H18F3N3O4. The van der Waals surface area contributed by atoms with E-state index in [1.807, 2.05) is 0 Å². The lowest BCUT2D eigenvalue weighted by atomic mass is 10.2. The predicted octanol–water partition coefficient (Wildman–Crippen LogP) is 3.29. The lowest BCUT2D eigenvalue weighted by Crippen LogP contribution is -2.20. The molecule has 0 fully saturated rings. The van der Waals surface area contributed by atoms with Gasteiger partial charge in [0.05, 0.1) is 18.9 Å². The maximum absolute atomic E-state index is 12.7. The quantitative estimate of drug-likeness (QED) is 0.483. The zero-order valence-electron chi connectivity index (χ0n) is 15.3. The highest BCUT2D eigenvalue weighted by molar-refractivity contribution is 5.93. The number of para-hydroxylation sites is 1. The first-order valence-corrected chi connectivity index (χ1v) is 8.35. The summed E-state index contributed by atoms with van der Waals surface area (Å²) in [6.07, 6.45) is -3.79. The molecule has 0 saturated carbocycles. The molecule has 0 aromatic heterocycles. The van der Waals surface area contributed by atoms with Crippen LogP contribution >= 0.6 is 0 Å². The molecule has 0 atom stereocenters. The topological polar surface area (TPSA) is 100 Å². The summed E-state index contributed by atoms with van der Waals surface area (Å²) in [7, 11) is 1.39. The Morgan fingerprint density at radius 3 is 2.52 bits per heavy atom. The van der Waals surface area contributed by atoms with E-state index in [1.54, 1.807) is 18.2 Å². The molecule has 0 aliphatic rings. The third kappa shape index (κ3) is 6.52. The molecule has 2 rings (SSSR count). The van der Waals surface area contributed by atoms with Crippen molar-refractivity contribution < 1.29 is 32.6 Å². The van der Waals surface area contributed by atoms with Crippen molar-refractivity contribution in [3.63, 3.8) is 0 Å². The lowest BCUT2D eigenvalue weighted by Gasteiger charge is -2.09. The summed E-state index contributed by atoms with van der Waals surface area (Å²) in [5.41, 5.74) is 1.60. The summed E-state index contributed by atoms with van der Waals surface area (Å²) in [5, 5.41) is 15.9. The van der Waals surface area contributed by atoms with Crippen LogP contribution in [0.3, 0.4) is 0 Å². The predicted molar refractivity (Wildman–Crippen MR) is 99.7 cm³/mol. The van der Waals surface area contributed by atoms with Crippen LogP contribution in [-0.4, -0.2) is 30.2 Å². The summed E-state index contributed by atoms with van der Waals surface area (Å²) in [4.78, 5) is 23.6. The van der Waals surface area contributed by atoms with Crippen molar-refractivity contribution in [1.82, 2.24) is 5.43 Å². The maximum Gasteiger partial charge on any atom is 0.416 e. The zero-order chi connectivity index (χ0) is 21.4. The summed E-state index contributed by atoms with van der Waals surface area (Å²) < 4.78 is 42.9. The second-order valence-corrected chi connectivity index (χ2v) is 5.82. The van der Waals surface area contributed by atoms with Crippen LogP contribution in [0.2, 0.25) is 0 Å². The van der Waals surface area contributed by atoms with Crippen LogP contribution in [0.4, 0.5) is 18.9 Å². The Morgan fingerprint density at radius 2 is 1.83 bits per heavy atom. The summed E-state index contributed by atoms with van der Waals surface area (Å²) in [6.45, 7) is 0. The molecule has 0 spiro atoms. The number of phenols is 1. The van der Waals surface area contributed by atoms with Gasteiger partial charge in [0.25, 0.3) is 0 Å². The SMILES string of the molecule is COc1cccc(C=NNC(=O)CCC(=O)Nc2cccc(C(F)(F)F)c2)c1O. The van der Waals surface area contributed by atoms with Crippen molar-refractivity contribution in [1.29, 1.82) is 0 Å². The zero-order valence-corrected chi connectivity index (χ0v) is 15.3. The van der Waals surface area contributed by atoms with Crippen LogP contribution in [0.15, 0.2) is 47.6 Å². The van der Waals surface area contributed by atoms with E-state index in [4.69, 9.17) is 4.74 Å². The van der Waals surface area contributed by atoms with Crippen molar-refractivity contribution in [3.05, 3.63) is 53.6 Å². The Labute approximate surface area is 164 Å². The molecule has 0 radical (unpaired) electrons. The Morgan fingerprint density at radius 1 is 1.14 bits per heavy atom. The molecule has 2 aromatic carbocycles. The van der Waals surface area contributed by atoms with Gasteiger partial charge in [0.2, 0.25) is 11.8 Å². The van der Waals surface area contributed by atoms with Crippen LogP contribution in [0.25, 0.3) is 0 Å². The number of hydrazone groups is 1. The number of phenolic OH excluding ortho intramolecular Hbond substituents is 1. The van der Waals surface area contributed by atoms with E-state index in [-0.39, 0.29) is 30.0 Å². The molecule has 0 heterocycles. The number of rotatable bonds is 7. The number of carbonyl (C=O) groups is 2. The maximum atomic E-state index is 12.7. The van der Waals surface area contributed by atoms with Crippen molar-refractivity contribution in [3.8, 4) is 11.5 Å². The number of benzene rings is 2. The Balaban J connectivity index is 1.83. The van der Waals surface area contributed by atoms with E-state index in [2.05, 4.69) is 15.8 Å². The number of ether oxygens (including phenoxy) is 1. The fourth-order valence-electron chi connectivity index (χ4n) is 2.26. The third-order valence-electron chi connectivity index (χ3n) is 3.70. The van der Waals surface area contributed by atoms with Crippen molar-refractivity contribution in [2.45, 2.75) is 19.0 Å². The molecule has 2 aromatic rings. The van der Waals surface area contributed by atoms with Crippen molar-refractivity contribution in [2.24, 2.45) is 5.10 Å². The Hall–Kier alpha value is -3.56. The van der Waals surface area contributed by atoms with Gasteiger partial charge in [0.15, 0.2) is 11.5 Å². The van der Waals surface area contributed by atoms with Crippen LogP contribution in [0, 0.1) is 0 Å². The van der Waals surface area contributed by atoms with Crippen molar-refractivity contribution >= 4 is 23.7 Å². The number of anilines is 1. The minimum Gasteiger partial charge on any atom is -0.504 e. The third-order valence-corrected chi connectivity index (χ3v) is 3.70. The molecule has 0 bridgehead atoms. The van der Waals surface area contributed by atoms with Gasteiger partial charge < -0.3 is 15.2 Å². The average molecular weight is 409 g/mol. The standard InChI is InChI=1S/C19H18F3N3O4/c1-29-15-7-2-4-12(18(15)28)11-23-25-17(27)9-8-16(26)24-14-6-3-5-13(10-14)19(20,21)22/h2-7,10-11,28H,8-9H2,1H3,(H,24,26)(H,25,27). The number of halogens is 3. The fourth-order valence-corrected chi connectivity index (χ4v) is 2.26. The number of hydrogen-bond acceptors (Lipinski definition) is 5. The first-order valence-electron chi connectivity index (χ1n) is 8.35. The minimum atomic E-state index is -4.52. The van der Waals surface area contributed by atoms with Crippen LogP contribution in [0.5, 0.6) is 11.5 Å². The van der Waals surface area contributed by atoms with Gasteiger partial charge in [-0.05, 0) is 30.3 Å². The molecule has 0 aliphatic carbocycles. The molecule has 10 heteroatoms. The summed E-state index contributed by atoms with van der Waals surface area (Å²) >= 11 is 0. The van der Waals surface area contributed by atoms with Gasteiger partial charge in [0.1, 0.15) is 0 Å². The van der Waals surface area contributed by atoms with Gasteiger partial charge >= 0.3 is 6.18 Å². The van der Waals surface area contributed by atoms with Gasteiger partial charge in [-0.3, -0.25) is 9.59 Å². The smallest absolute Gasteiger partial charge is 0.416 e. The van der Waals surface area contributed by atoms with E-state index in [1.165, 1.54) is 25.5 Å². The molecule has 3 N–H and O–H groups in total. The van der Waals surface area contributed by atoms with Gasteiger partial charge in [-0.2, -0.15) is 18.3 Å². The first-order chi connectivity index (χ1) is 13.7. The second-order valence-electron chi connectivity index (χ2n) is 5.82. The van der Waals surface area contributed by atoms with Crippen LogP contribution < -0.4 is 15.5 Å². The van der Waals surface area contributed by atoms with Crippen LogP contribution in [-0.2, 0) is 15.8 Å². The lowest BCUT2D eigenvalue weighted by molar-refractivity contribution is -0.137. The molecule has 7 nitrogen and oxygen atoms in total. The van der Waals surface area contributed by atoms with E-state index in [9.17, 15) is 27.9 Å². The highest BCUT2D eigenvalue weighted by Gasteiger charge is 2.30. The average Bonchev–Trinajstić information content (AvgIpc) is 2.67. The summed E-state index contributed by atoms with van der Waals surface area (Å²) in [6, 6.07) is 8.92. The summed E-state index contributed by atoms with van der Waals surface area (Å²) in [5.74, 6) is -1.10. The van der Waals surface area contributed by atoms with Gasteiger partial charge in [0, 0.05) is 24.1 Å². The van der Waals surface area contributed by atoms with Gasteiger partial charge in [-0.1, -0.05) is 12.1 Å². The van der Waals surface area contributed by atoms with E-state index in [0.717, 1.165) is 12.1 Å². The highest BCUT2D eigenvalue weighted by Crippen LogP contribution is 2.30. The fraction of sp³-hybridized carbons (Fsp3) is 0.211. The minimum absolute atomic E-state index is 0.0169. The van der Waals surface area contributed by atoms with Crippen molar-refractivity contribution in [2.75, 3.05) is 12.4 Å². The number of amides is 2. The number of aromatic hydroxyl groups is 1. The molecule has 2 amide bonds. The first kappa shape index (κ1) is 21.7. The molecule has 0 saturated heterocycles. The normalized spacial score (nSPS) is 11.3. The second kappa shape index (κ2) is 9.58. The number of methoxy groups -OCH3 is 1. The largest absolute Gasteiger partial charge is 0.504 e. The van der Waals surface area contributed by atoms with Crippen LogP contribution in [0.1, 0.15) is 24.0 Å². The number of carbonyl (C=O) groups excluding carboxylic acids is 2. The highest BCUT2D eigenvalue weighted by atomic mass is 19.4. The van der Waals surface area contributed by atoms with E-state index >= 15 is 0 Å². The Kier molecular flexibility index (Phi) is 7.18. The van der Waals surface area contributed by atoms with E-state index < -0.39 is 23.6 Å². The Bertz CT molecular complexity index is 914. The number of alkyl halides is 3. The molecule has 0 aliphatic heterocycles. The molecule has 154 valence electrons. The van der Waals surface area contributed by atoms with E-state index in [0.29, 0.717) is 5.56 Å². The molecule has 0 unspecified atom stereocenters. The van der Waals surface area contributed by atoms with Gasteiger partial charge in [-0.15, -0.1) is 0 Å². The monoisotopic (exact) mass is 409 g/mol. The number of nitrogens with zero attached hydrogens (tertiary/aromatic N) is 1. The molecular weight excluding hydrogens is 391 g/mol. The number of nitrogens with one attached hydrogen (secondary N) is 2.